The number of benzene rings is 3. The Bertz CT molecular complexity index is 802. The molecule has 4 rings (SSSR count). The molecule has 3 aromatic rings. The van der Waals surface area contributed by atoms with Gasteiger partial charge in [0.1, 0.15) is 0 Å². The smallest absolute Gasteiger partial charge is 1.00 e. The molecule has 0 unspecified atom stereocenters. The van der Waals surface area contributed by atoms with Crippen LogP contribution in [0.25, 0.3) is 0 Å². The molecule has 1 aliphatic rings. The summed E-state index contributed by atoms with van der Waals surface area (Å²) in [6.07, 6.45) is 0. The van der Waals surface area contributed by atoms with Crippen LogP contribution in [-0.2, 0) is 0 Å². The molecule has 0 aliphatic carbocycles. The summed E-state index contributed by atoms with van der Waals surface area (Å²) in [4.78, 5) is 0. The van der Waals surface area contributed by atoms with Gasteiger partial charge in [0.15, 0.2) is 0 Å². The average Bonchev–Trinajstić information content (AvgIpc) is 2.56. The molecule has 0 aromatic heterocycles. The van der Waals surface area contributed by atoms with Gasteiger partial charge >= 0.3 is 132 Å². The number of hydrogen-bond acceptors (Lipinski definition) is 0. The molecule has 117 valence electrons. The van der Waals surface area contributed by atoms with E-state index >= 15 is 0 Å². The van der Waals surface area contributed by atoms with E-state index in [0.717, 1.165) is 11.5 Å². The van der Waals surface area contributed by atoms with Crippen molar-refractivity contribution in [3.8, 4) is 11.5 Å². The molecular formula is C19H16AsFIO. The number of aromatic hydroxyl groups is 2. The summed E-state index contributed by atoms with van der Waals surface area (Å²) in [5.74, 6) is 1.93. The second-order valence-electron chi connectivity index (χ2n) is 5.57. The quantitative estimate of drug-likeness (QED) is 0.262. The summed E-state index contributed by atoms with van der Waals surface area (Å²) in [5, 5.41) is 0. The maximum atomic E-state index is 13.4. The molecular weight excluding hydrogens is 465 g/mol. The second-order valence-corrected chi connectivity index (χ2v) is 12.9. The van der Waals surface area contributed by atoms with Gasteiger partial charge in [-0.3, -0.25) is 0 Å². The molecule has 0 saturated heterocycles. The predicted molar refractivity (Wildman–Crippen MR) is 90.9 cm³/mol. The number of hydrogen-bond donors (Lipinski definition) is 0. The molecule has 0 atom stereocenters. The fraction of sp³-hybridized carbons (Fsp3) is 0.0526. The molecule has 4 heteroatoms. The molecule has 0 fully saturated rings. The van der Waals surface area contributed by atoms with Crippen molar-refractivity contribution in [3.63, 3.8) is 0 Å². The van der Waals surface area contributed by atoms with Gasteiger partial charge in [0.05, 0.1) is 0 Å². The maximum absolute atomic E-state index is 13.4. The minimum absolute atomic E-state index is 0. The molecule has 1 aliphatic heterocycles. The Labute approximate surface area is 155 Å². The second kappa shape index (κ2) is 6.29. The van der Waals surface area contributed by atoms with E-state index in [4.69, 9.17) is 4.74 Å². The van der Waals surface area contributed by atoms with Crippen LogP contribution in [0.5, 0.6) is 11.5 Å². The number of para-hydroxylation sites is 2. The molecule has 0 bridgehead atoms. The zero-order valence-corrected chi connectivity index (χ0v) is 16.6. The van der Waals surface area contributed by atoms with E-state index in [1.165, 1.54) is 13.1 Å². The molecule has 1 radical (unpaired) electrons. The molecule has 0 amide bonds. The van der Waals surface area contributed by atoms with Crippen molar-refractivity contribution in [3.05, 3.63) is 78.6 Å². The van der Waals surface area contributed by atoms with E-state index in [1.54, 1.807) is 12.1 Å². The number of fused-ring (bicyclic) bond motifs is 2. The summed E-state index contributed by atoms with van der Waals surface area (Å²) >= 11 is -2.57. The van der Waals surface area contributed by atoms with Crippen LogP contribution in [0.2, 0.25) is 5.71 Å². The zero-order valence-electron chi connectivity index (χ0n) is 12.6. The Morgan fingerprint density at radius 1 is 0.739 bits per heavy atom. The summed E-state index contributed by atoms with van der Waals surface area (Å²) in [7, 11) is 0. The first-order valence-electron chi connectivity index (χ1n) is 7.23. The van der Waals surface area contributed by atoms with E-state index < -0.39 is 13.6 Å². The minimum atomic E-state index is -2.57. The Kier molecular flexibility index (Phi) is 4.52. The van der Waals surface area contributed by atoms with Gasteiger partial charge < -0.3 is 24.0 Å². The van der Waals surface area contributed by atoms with Crippen molar-refractivity contribution in [1.29, 1.82) is 0 Å². The van der Waals surface area contributed by atoms with Crippen molar-refractivity contribution in [1.82, 2.24) is 0 Å². The van der Waals surface area contributed by atoms with Crippen molar-refractivity contribution in [2.75, 3.05) is 0 Å². The Morgan fingerprint density at radius 3 is 1.74 bits per heavy atom. The van der Waals surface area contributed by atoms with E-state index in [0.29, 0.717) is 0 Å². The molecule has 1 nitrogen and oxygen atoms in total. The zero-order chi connectivity index (χ0) is 15.2. The maximum Gasteiger partial charge on any atom is -1.00 e. The third-order valence-electron chi connectivity index (χ3n) is 4.31. The number of ether oxygens (including phenoxy) is 1. The van der Waals surface area contributed by atoms with Crippen LogP contribution in [0.15, 0.2) is 72.8 Å². The third kappa shape index (κ3) is 2.60. The van der Waals surface area contributed by atoms with Gasteiger partial charge in [0, 0.05) is 0 Å². The van der Waals surface area contributed by atoms with Gasteiger partial charge in [0.2, 0.25) is 0 Å². The fourth-order valence-electron chi connectivity index (χ4n) is 3.15. The molecule has 23 heavy (non-hydrogen) atoms. The monoisotopic (exact) mass is 481 g/mol. The van der Waals surface area contributed by atoms with E-state index in [-0.39, 0.29) is 29.8 Å². The molecule has 1 N–H and O–H groups in total. The summed E-state index contributed by atoms with van der Waals surface area (Å²) in [5.41, 5.74) is 2.36. The number of rotatable bonds is 1. The number of halogens is 2. The summed E-state index contributed by atoms with van der Waals surface area (Å²) in [6, 6.07) is 23.8. The van der Waals surface area contributed by atoms with E-state index in [2.05, 4.69) is 42.1 Å². The van der Waals surface area contributed by atoms with Gasteiger partial charge in [-0.1, -0.05) is 0 Å². The first kappa shape index (κ1) is 16.5. The van der Waals surface area contributed by atoms with Crippen LogP contribution in [-0.4, -0.2) is 18.3 Å². The molecule has 1 heterocycles. The molecule has 3 aromatic carbocycles. The van der Waals surface area contributed by atoms with E-state index in [1.807, 2.05) is 24.3 Å². The first-order valence-corrected chi connectivity index (χ1v) is 11.9. The summed E-state index contributed by atoms with van der Waals surface area (Å²) in [6.45, 7) is 0. The van der Waals surface area contributed by atoms with Crippen LogP contribution in [0.3, 0.4) is 0 Å². The van der Waals surface area contributed by atoms with Crippen LogP contribution in [0, 0.1) is 5.82 Å². The van der Waals surface area contributed by atoms with Gasteiger partial charge in [-0.2, -0.15) is 0 Å². The van der Waals surface area contributed by atoms with Gasteiger partial charge in [0.25, 0.3) is 0 Å². The minimum Gasteiger partial charge on any atom is -1.00 e. The Balaban J connectivity index is 0.00000156. The average molecular weight is 481 g/mol. The van der Waals surface area contributed by atoms with E-state index in [9.17, 15) is 4.39 Å². The van der Waals surface area contributed by atoms with Gasteiger partial charge in [-0.25, -0.2) is 0 Å². The fourth-order valence-corrected chi connectivity index (χ4v) is 10.5. The van der Waals surface area contributed by atoms with Gasteiger partial charge in [-0.05, 0) is 0 Å². The third-order valence-corrected chi connectivity index (χ3v) is 12.7. The largest absolute Gasteiger partial charge is 1.00 e. The van der Waals surface area contributed by atoms with Crippen molar-refractivity contribution < 1.29 is 33.1 Å². The van der Waals surface area contributed by atoms with Crippen LogP contribution in [0.1, 0.15) is 0 Å². The Hall–Kier alpha value is -1.32. The predicted octanol–water partition coefficient (Wildman–Crippen LogP) is -0.102. The van der Waals surface area contributed by atoms with Crippen LogP contribution in [0.4, 0.5) is 4.39 Å². The topological polar surface area (TPSA) is 12.8 Å². The normalized spacial score (nSPS) is 14.0. The van der Waals surface area contributed by atoms with Gasteiger partial charge in [-0.15, -0.1) is 0 Å². The summed E-state index contributed by atoms with van der Waals surface area (Å²) < 4.78 is 22.1. The SMILES string of the molecule is C[As]1(c2ccc(F)cc2)c2ccccc2[OH+]c2ccccc21.[I-]. The van der Waals surface area contributed by atoms with Crippen LogP contribution < -0.4 is 37.0 Å². The molecule has 0 saturated carbocycles. The van der Waals surface area contributed by atoms with Crippen molar-refractivity contribution >= 4 is 26.6 Å². The first-order chi connectivity index (χ1) is 10.7. The van der Waals surface area contributed by atoms with Crippen molar-refractivity contribution in [2.24, 2.45) is 0 Å². The van der Waals surface area contributed by atoms with Crippen LogP contribution >= 0.6 is 0 Å². The van der Waals surface area contributed by atoms with Crippen molar-refractivity contribution in [2.45, 2.75) is 5.71 Å². The Morgan fingerprint density at radius 2 is 1.22 bits per heavy atom. The molecule has 0 spiro atoms. The standard InChI is InChI=1S/C19H15AsFO.HI/c1-20(14-10-12-15(21)13-11-14)16-6-2-4-8-18(16)22-19-9-5-3-7-17(19)20;/h2-13H,1H3;1H.